The van der Waals surface area contributed by atoms with Crippen molar-refractivity contribution >= 4 is 39.2 Å². The Kier molecular flexibility index (Phi) is 5.21. The number of carbonyl (C=O) groups is 1. The molecule has 0 N–H and O–H groups in total. The largest absolute Gasteiger partial charge is 0.317 e. The normalized spacial score (nSPS) is 12.0. The van der Waals surface area contributed by atoms with Gasteiger partial charge >= 0.3 is 0 Å². The van der Waals surface area contributed by atoms with E-state index in [1.807, 2.05) is 30.3 Å². The molecule has 124 valence electrons. The molecule has 0 aliphatic carbocycles. The van der Waals surface area contributed by atoms with Crippen molar-refractivity contribution in [2.75, 3.05) is 5.75 Å². The molecule has 0 bridgehead atoms. The van der Waals surface area contributed by atoms with Gasteiger partial charge in [-0.2, -0.15) is 4.99 Å². The number of rotatable bonds is 4. The van der Waals surface area contributed by atoms with E-state index in [0.29, 0.717) is 5.75 Å². The third-order valence-corrected chi connectivity index (χ3v) is 5.98. The second-order valence-corrected chi connectivity index (χ2v) is 7.70. The molecule has 0 unspecified atom stereocenters. The number of hydrogen-bond donors (Lipinski definition) is 0. The Hall–Kier alpha value is -1.85. The van der Waals surface area contributed by atoms with Crippen LogP contribution in [0.2, 0.25) is 0 Å². The predicted octanol–water partition coefficient (Wildman–Crippen LogP) is 4.56. The summed E-state index contributed by atoms with van der Waals surface area (Å²) in [6.45, 7) is 7.12. The van der Waals surface area contributed by atoms with E-state index in [-0.39, 0.29) is 5.91 Å². The summed E-state index contributed by atoms with van der Waals surface area (Å²) < 4.78 is 3.31. The minimum Gasteiger partial charge on any atom is -0.317 e. The Morgan fingerprint density at radius 2 is 1.88 bits per heavy atom. The summed E-state index contributed by atoms with van der Waals surface area (Å²) in [5.41, 5.74) is 3.69. The Morgan fingerprint density at radius 3 is 2.58 bits per heavy atom. The van der Waals surface area contributed by atoms with Crippen molar-refractivity contribution in [3.05, 3.63) is 58.4 Å². The maximum atomic E-state index is 12.3. The molecule has 1 amide bonds. The summed E-state index contributed by atoms with van der Waals surface area (Å²) in [5, 5.41) is 0. The first-order valence-corrected chi connectivity index (χ1v) is 9.74. The second-order valence-electron chi connectivity index (χ2n) is 5.64. The second kappa shape index (κ2) is 7.36. The van der Waals surface area contributed by atoms with Crippen molar-refractivity contribution in [1.29, 1.82) is 0 Å². The summed E-state index contributed by atoms with van der Waals surface area (Å²) >= 11 is 3.11. The summed E-state index contributed by atoms with van der Waals surface area (Å²) in [4.78, 5) is 18.5. The van der Waals surface area contributed by atoms with Gasteiger partial charge < -0.3 is 4.57 Å². The topological polar surface area (TPSA) is 34.4 Å². The molecule has 1 heterocycles. The Morgan fingerprint density at radius 1 is 1.17 bits per heavy atom. The van der Waals surface area contributed by atoms with Crippen LogP contribution < -0.4 is 4.80 Å². The first-order valence-electron chi connectivity index (χ1n) is 7.94. The number of thiazole rings is 1. The monoisotopic (exact) mass is 356 g/mol. The van der Waals surface area contributed by atoms with Gasteiger partial charge in [0.25, 0.3) is 5.91 Å². The van der Waals surface area contributed by atoms with Crippen molar-refractivity contribution in [2.24, 2.45) is 4.99 Å². The van der Waals surface area contributed by atoms with Crippen LogP contribution in [0.25, 0.3) is 10.2 Å². The molecule has 3 nitrogen and oxygen atoms in total. The van der Waals surface area contributed by atoms with Crippen molar-refractivity contribution < 1.29 is 4.79 Å². The van der Waals surface area contributed by atoms with Gasteiger partial charge in [-0.1, -0.05) is 29.5 Å². The number of carbonyl (C=O) groups excluding carboxylic acids is 1. The zero-order valence-electron chi connectivity index (χ0n) is 14.1. The van der Waals surface area contributed by atoms with E-state index < -0.39 is 0 Å². The lowest BCUT2D eigenvalue weighted by Crippen LogP contribution is -2.16. The fourth-order valence-electron chi connectivity index (χ4n) is 2.51. The smallest absolute Gasteiger partial charge is 0.258 e. The molecule has 0 aliphatic heterocycles. The van der Waals surface area contributed by atoms with E-state index in [9.17, 15) is 4.79 Å². The van der Waals surface area contributed by atoms with Crippen molar-refractivity contribution in [3.63, 3.8) is 0 Å². The van der Waals surface area contributed by atoms with Crippen LogP contribution in [0.5, 0.6) is 0 Å². The highest BCUT2D eigenvalue weighted by atomic mass is 32.2. The van der Waals surface area contributed by atoms with Crippen LogP contribution >= 0.6 is 23.1 Å². The SMILES string of the molecule is CCn1c(=NC(=O)CSc2ccccc2)sc2cc(C)c(C)cc21. The molecular formula is C19H20N2OS2. The van der Waals surface area contributed by atoms with E-state index >= 15 is 0 Å². The van der Waals surface area contributed by atoms with Crippen LogP contribution in [-0.4, -0.2) is 16.2 Å². The lowest BCUT2D eigenvalue weighted by atomic mass is 10.1. The maximum Gasteiger partial charge on any atom is 0.258 e. The van der Waals surface area contributed by atoms with Gasteiger partial charge in [-0.25, -0.2) is 0 Å². The molecule has 0 spiro atoms. The Bertz CT molecular complexity index is 939. The van der Waals surface area contributed by atoms with Gasteiger partial charge in [-0.3, -0.25) is 4.79 Å². The number of benzene rings is 2. The number of aryl methyl sites for hydroxylation is 3. The van der Waals surface area contributed by atoms with Gasteiger partial charge in [-0.05, 0) is 56.2 Å². The van der Waals surface area contributed by atoms with Crippen molar-refractivity contribution in [3.8, 4) is 0 Å². The van der Waals surface area contributed by atoms with Gasteiger partial charge in [0, 0.05) is 11.4 Å². The first-order chi connectivity index (χ1) is 11.6. The van der Waals surface area contributed by atoms with Gasteiger partial charge in [0.15, 0.2) is 4.80 Å². The number of fused-ring (bicyclic) bond motifs is 1. The lowest BCUT2D eigenvalue weighted by molar-refractivity contribution is -0.115. The third kappa shape index (κ3) is 3.62. The molecule has 3 rings (SSSR count). The minimum atomic E-state index is -0.0916. The maximum absolute atomic E-state index is 12.3. The first kappa shape index (κ1) is 17.0. The van der Waals surface area contributed by atoms with Crippen molar-refractivity contribution in [2.45, 2.75) is 32.2 Å². The summed E-state index contributed by atoms with van der Waals surface area (Å²) in [7, 11) is 0. The van der Waals surface area contributed by atoms with Crippen LogP contribution in [0, 0.1) is 13.8 Å². The highest BCUT2D eigenvalue weighted by Gasteiger charge is 2.09. The molecule has 0 saturated carbocycles. The van der Waals surface area contributed by atoms with Crippen LogP contribution in [0.3, 0.4) is 0 Å². The lowest BCUT2D eigenvalue weighted by Gasteiger charge is -2.03. The molecule has 0 radical (unpaired) electrons. The molecule has 0 aliphatic rings. The van der Waals surface area contributed by atoms with Crippen LogP contribution in [0.4, 0.5) is 0 Å². The molecular weight excluding hydrogens is 336 g/mol. The number of amides is 1. The van der Waals surface area contributed by atoms with Crippen molar-refractivity contribution in [1.82, 2.24) is 4.57 Å². The summed E-state index contributed by atoms with van der Waals surface area (Å²) in [6.07, 6.45) is 0. The fraction of sp³-hybridized carbons (Fsp3) is 0.263. The molecule has 2 aromatic carbocycles. The molecule has 24 heavy (non-hydrogen) atoms. The zero-order chi connectivity index (χ0) is 17.1. The Labute approximate surface area is 150 Å². The predicted molar refractivity (Wildman–Crippen MR) is 103 cm³/mol. The fourth-order valence-corrected chi connectivity index (χ4v) is 4.41. The molecule has 0 saturated heterocycles. The standard InChI is InChI=1S/C19H20N2OS2/c1-4-21-16-10-13(2)14(3)11-17(16)24-19(21)20-18(22)12-23-15-8-6-5-7-9-15/h5-11H,4,12H2,1-3H3. The van der Waals surface area contributed by atoms with Crippen LogP contribution in [0.1, 0.15) is 18.1 Å². The van der Waals surface area contributed by atoms with Gasteiger partial charge in [-0.15, -0.1) is 11.8 Å². The number of aromatic nitrogens is 1. The molecule has 3 aromatic rings. The molecule has 1 aromatic heterocycles. The zero-order valence-corrected chi connectivity index (χ0v) is 15.7. The van der Waals surface area contributed by atoms with E-state index in [2.05, 4.69) is 42.5 Å². The van der Waals surface area contributed by atoms with Gasteiger partial charge in [0.05, 0.1) is 16.0 Å². The number of thioether (sulfide) groups is 1. The number of nitrogens with zero attached hydrogens (tertiary/aromatic N) is 2. The molecule has 5 heteroatoms. The quantitative estimate of drug-likeness (QED) is 0.642. The molecule has 0 fully saturated rings. The third-order valence-electron chi connectivity index (χ3n) is 3.94. The van der Waals surface area contributed by atoms with Gasteiger partial charge in [0.1, 0.15) is 0 Å². The highest BCUT2D eigenvalue weighted by Crippen LogP contribution is 2.22. The number of hydrogen-bond acceptors (Lipinski definition) is 3. The summed E-state index contributed by atoms with van der Waals surface area (Å²) in [5.74, 6) is 0.270. The van der Waals surface area contributed by atoms with Gasteiger partial charge in [0.2, 0.25) is 0 Å². The summed E-state index contributed by atoms with van der Waals surface area (Å²) in [6, 6.07) is 14.3. The van der Waals surface area contributed by atoms with Crippen LogP contribution in [0.15, 0.2) is 52.4 Å². The van der Waals surface area contributed by atoms with E-state index in [1.54, 1.807) is 11.3 Å². The average molecular weight is 357 g/mol. The highest BCUT2D eigenvalue weighted by molar-refractivity contribution is 8.00. The van der Waals surface area contributed by atoms with E-state index in [0.717, 1.165) is 21.8 Å². The Balaban J connectivity index is 1.90. The average Bonchev–Trinajstić information content (AvgIpc) is 2.90. The van der Waals surface area contributed by atoms with Crippen LogP contribution in [-0.2, 0) is 11.3 Å². The molecule has 0 atom stereocenters. The minimum absolute atomic E-state index is 0.0916. The van der Waals surface area contributed by atoms with E-state index in [1.165, 1.54) is 27.6 Å². The van der Waals surface area contributed by atoms with E-state index in [4.69, 9.17) is 0 Å².